The van der Waals surface area contributed by atoms with Gasteiger partial charge in [-0.15, -0.1) is 11.3 Å². The van der Waals surface area contributed by atoms with Crippen LogP contribution in [0.15, 0.2) is 30.3 Å². The second kappa shape index (κ2) is 6.71. The topological polar surface area (TPSA) is 24.9 Å². The van der Waals surface area contributed by atoms with Gasteiger partial charge in [0, 0.05) is 23.8 Å². The highest BCUT2D eigenvalue weighted by Crippen LogP contribution is 2.42. The number of aromatic nitrogens is 1. The molecular weight excluding hydrogens is 276 g/mol. The predicted molar refractivity (Wildman–Crippen MR) is 89.9 cm³/mol. The van der Waals surface area contributed by atoms with Crippen molar-refractivity contribution in [2.75, 3.05) is 6.54 Å². The number of nitrogens with one attached hydrogen (secondary N) is 1. The first-order valence-electron chi connectivity index (χ1n) is 7.95. The fraction of sp³-hybridized carbons (Fsp3) is 0.500. The third kappa shape index (κ3) is 4.14. The second-order valence-electron chi connectivity index (χ2n) is 6.38. The first kappa shape index (κ1) is 14.7. The van der Waals surface area contributed by atoms with E-state index in [9.17, 15) is 0 Å². The average molecular weight is 300 g/mol. The van der Waals surface area contributed by atoms with Gasteiger partial charge in [0.25, 0.3) is 0 Å². The van der Waals surface area contributed by atoms with Crippen molar-refractivity contribution in [2.24, 2.45) is 5.92 Å². The molecule has 1 N–H and O–H groups in total. The molecule has 0 unspecified atom stereocenters. The van der Waals surface area contributed by atoms with Crippen LogP contribution in [0.3, 0.4) is 0 Å². The van der Waals surface area contributed by atoms with E-state index in [1.165, 1.54) is 34.0 Å². The van der Waals surface area contributed by atoms with Gasteiger partial charge in [0.05, 0.1) is 10.7 Å². The lowest BCUT2D eigenvalue weighted by molar-refractivity contribution is 0.553. The maximum Gasteiger partial charge on any atom is 0.0975 e. The van der Waals surface area contributed by atoms with Gasteiger partial charge in [-0.05, 0) is 30.9 Å². The van der Waals surface area contributed by atoms with Crippen LogP contribution in [0.2, 0.25) is 0 Å². The minimum absolute atomic E-state index is 0.700. The molecule has 2 nitrogen and oxygen atoms in total. The molecule has 3 rings (SSSR count). The van der Waals surface area contributed by atoms with Gasteiger partial charge in [-0.3, -0.25) is 0 Å². The van der Waals surface area contributed by atoms with Crippen LogP contribution >= 0.6 is 11.3 Å². The lowest BCUT2D eigenvalue weighted by Crippen LogP contribution is -2.18. The van der Waals surface area contributed by atoms with E-state index in [4.69, 9.17) is 4.98 Å². The minimum atomic E-state index is 0.700. The van der Waals surface area contributed by atoms with E-state index in [1.807, 2.05) is 11.3 Å². The van der Waals surface area contributed by atoms with E-state index < -0.39 is 0 Å². The third-order valence-corrected chi connectivity index (χ3v) is 4.84. The molecule has 0 aliphatic heterocycles. The molecule has 2 aromatic rings. The van der Waals surface area contributed by atoms with Crippen molar-refractivity contribution in [2.45, 2.75) is 45.6 Å². The summed E-state index contributed by atoms with van der Waals surface area (Å²) >= 11 is 1.90. The zero-order chi connectivity index (χ0) is 14.7. The maximum atomic E-state index is 4.94. The van der Waals surface area contributed by atoms with Gasteiger partial charge >= 0.3 is 0 Å². The van der Waals surface area contributed by atoms with Crippen molar-refractivity contribution in [3.63, 3.8) is 0 Å². The first-order chi connectivity index (χ1) is 10.2. The number of rotatable bonds is 7. The van der Waals surface area contributed by atoms with Crippen LogP contribution in [-0.4, -0.2) is 11.5 Å². The van der Waals surface area contributed by atoms with Crippen LogP contribution in [0, 0.1) is 5.92 Å². The molecule has 1 heterocycles. The first-order valence-corrected chi connectivity index (χ1v) is 8.77. The van der Waals surface area contributed by atoms with Crippen molar-refractivity contribution in [3.8, 4) is 0 Å². The average Bonchev–Trinajstić information content (AvgIpc) is 3.23. The summed E-state index contributed by atoms with van der Waals surface area (Å²) in [6.45, 7) is 6.57. The number of nitrogens with zero attached hydrogens (tertiary/aromatic N) is 1. The molecular formula is C18H24N2S. The molecule has 0 amide bonds. The predicted octanol–water partition coefficient (Wildman–Crippen LogP) is 4.36. The summed E-state index contributed by atoms with van der Waals surface area (Å²) in [5.41, 5.74) is 2.73. The SMILES string of the molecule is CC(C)CNCc1sc(Cc2ccccc2)nc1C1CC1. The Morgan fingerprint density at radius 1 is 1.24 bits per heavy atom. The van der Waals surface area contributed by atoms with Crippen LogP contribution in [0.5, 0.6) is 0 Å². The number of benzene rings is 1. The fourth-order valence-corrected chi connectivity index (χ4v) is 3.70. The van der Waals surface area contributed by atoms with E-state index in [0.29, 0.717) is 5.92 Å². The fourth-order valence-electron chi connectivity index (χ4n) is 2.54. The van der Waals surface area contributed by atoms with Gasteiger partial charge in [0.15, 0.2) is 0 Å². The Bertz CT molecular complexity index is 570. The Morgan fingerprint density at radius 2 is 2.00 bits per heavy atom. The van der Waals surface area contributed by atoms with Gasteiger partial charge in [0.1, 0.15) is 0 Å². The lowest BCUT2D eigenvalue weighted by Gasteiger charge is -2.06. The zero-order valence-corrected chi connectivity index (χ0v) is 13.7. The molecule has 0 atom stereocenters. The molecule has 1 aromatic heterocycles. The Balaban J connectivity index is 1.70. The summed E-state index contributed by atoms with van der Waals surface area (Å²) in [7, 11) is 0. The minimum Gasteiger partial charge on any atom is -0.312 e. The summed E-state index contributed by atoms with van der Waals surface area (Å²) in [5.74, 6) is 1.44. The van der Waals surface area contributed by atoms with Gasteiger partial charge in [-0.1, -0.05) is 44.2 Å². The highest BCUT2D eigenvalue weighted by atomic mass is 32.1. The van der Waals surface area contributed by atoms with Crippen molar-refractivity contribution in [1.29, 1.82) is 0 Å². The van der Waals surface area contributed by atoms with Crippen molar-refractivity contribution in [1.82, 2.24) is 10.3 Å². The Hall–Kier alpha value is -1.19. The zero-order valence-electron chi connectivity index (χ0n) is 12.9. The number of hydrogen-bond acceptors (Lipinski definition) is 3. The van der Waals surface area contributed by atoms with Crippen molar-refractivity contribution < 1.29 is 0 Å². The Kier molecular flexibility index (Phi) is 4.71. The Labute approximate surface area is 131 Å². The van der Waals surface area contributed by atoms with Gasteiger partial charge in [-0.25, -0.2) is 4.98 Å². The maximum absolute atomic E-state index is 4.94. The Morgan fingerprint density at radius 3 is 2.67 bits per heavy atom. The third-order valence-electron chi connectivity index (χ3n) is 3.77. The molecule has 1 aliphatic carbocycles. The highest BCUT2D eigenvalue weighted by molar-refractivity contribution is 7.11. The number of thiazole rings is 1. The van der Waals surface area contributed by atoms with Crippen molar-refractivity contribution >= 4 is 11.3 Å². The molecule has 21 heavy (non-hydrogen) atoms. The molecule has 0 saturated heterocycles. The summed E-state index contributed by atoms with van der Waals surface area (Å²) in [5, 5.41) is 4.84. The van der Waals surface area contributed by atoms with Gasteiger partial charge < -0.3 is 5.32 Å². The molecule has 1 saturated carbocycles. The molecule has 0 bridgehead atoms. The standard InChI is InChI=1S/C18H24N2S/c1-13(2)11-19-12-16-18(15-8-9-15)20-17(21-16)10-14-6-4-3-5-7-14/h3-7,13,15,19H,8-12H2,1-2H3. The summed E-state index contributed by atoms with van der Waals surface area (Å²) < 4.78 is 0. The lowest BCUT2D eigenvalue weighted by atomic mass is 10.2. The molecule has 1 aliphatic rings. The smallest absolute Gasteiger partial charge is 0.0975 e. The summed E-state index contributed by atoms with van der Waals surface area (Å²) in [4.78, 5) is 6.41. The van der Waals surface area contributed by atoms with E-state index >= 15 is 0 Å². The van der Waals surface area contributed by atoms with Gasteiger partial charge in [0.2, 0.25) is 0 Å². The van der Waals surface area contributed by atoms with Crippen LogP contribution in [-0.2, 0) is 13.0 Å². The van der Waals surface area contributed by atoms with E-state index in [1.54, 1.807) is 0 Å². The quantitative estimate of drug-likeness (QED) is 0.822. The van der Waals surface area contributed by atoms with Gasteiger partial charge in [-0.2, -0.15) is 0 Å². The van der Waals surface area contributed by atoms with E-state index in [0.717, 1.165) is 25.4 Å². The second-order valence-corrected chi connectivity index (χ2v) is 7.55. The molecule has 0 spiro atoms. The molecule has 0 radical (unpaired) electrons. The molecule has 1 aromatic carbocycles. The van der Waals surface area contributed by atoms with Crippen LogP contribution < -0.4 is 5.32 Å². The van der Waals surface area contributed by atoms with Crippen LogP contribution in [0.1, 0.15) is 53.7 Å². The molecule has 1 fully saturated rings. The molecule has 3 heteroatoms. The summed E-state index contributed by atoms with van der Waals surface area (Å²) in [6, 6.07) is 10.7. The van der Waals surface area contributed by atoms with E-state index in [-0.39, 0.29) is 0 Å². The van der Waals surface area contributed by atoms with Crippen molar-refractivity contribution in [3.05, 3.63) is 51.5 Å². The monoisotopic (exact) mass is 300 g/mol. The molecule has 112 valence electrons. The highest BCUT2D eigenvalue weighted by Gasteiger charge is 2.29. The van der Waals surface area contributed by atoms with E-state index in [2.05, 4.69) is 49.5 Å². The van der Waals surface area contributed by atoms with Crippen LogP contribution in [0.25, 0.3) is 0 Å². The largest absolute Gasteiger partial charge is 0.312 e. The number of hydrogen-bond donors (Lipinski definition) is 1. The summed E-state index contributed by atoms with van der Waals surface area (Å²) in [6.07, 6.45) is 3.62. The van der Waals surface area contributed by atoms with Crippen LogP contribution in [0.4, 0.5) is 0 Å². The normalized spacial score (nSPS) is 14.8.